The maximum absolute atomic E-state index is 13.2. The first kappa shape index (κ1) is 18.9. The van der Waals surface area contributed by atoms with Gasteiger partial charge in [-0.05, 0) is 62.6 Å². The lowest BCUT2D eigenvalue weighted by Crippen LogP contribution is -2.60. The molecule has 0 aromatic heterocycles. The van der Waals surface area contributed by atoms with Crippen molar-refractivity contribution in [1.82, 2.24) is 4.90 Å². The molecule has 6 heteroatoms. The molecule has 4 atom stereocenters. The van der Waals surface area contributed by atoms with Crippen molar-refractivity contribution in [3.63, 3.8) is 0 Å². The molecule has 1 aliphatic carbocycles. The Bertz CT molecular complexity index is 804. The van der Waals surface area contributed by atoms with E-state index >= 15 is 0 Å². The van der Waals surface area contributed by atoms with Crippen LogP contribution in [0.1, 0.15) is 55.8 Å². The van der Waals surface area contributed by atoms with Gasteiger partial charge in [0, 0.05) is 30.3 Å². The van der Waals surface area contributed by atoms with Crippen LogP contribution in [0, 0.1) is 23.2 Å². The number of likely N-dealkylation sites (tertiary alicyclic amines) is 1. The molecule has 4 rings (SSSR count). The Labute approximate surface area is 165 Å². The highest BCUT2D eigenvalue weighted by atomic mass is 16.5. The fourth-order valence-corrected chi connectivity index (χ4v) is 4.61. The van der Waals surface area contributed by atoms with Crippen molar-refractivity contribution < 1.29 is 14.3 Å². The van der Waals surface area contributed by atoms with E-state index in [0.29, 0.717) is 30.3 Å². The molecule has 4 unspecified atom stereocenters. The molecule has 2 amide bonds. The summed E-state index contributed by atoms with van der Waals surface area (Å²) in [7, 11) is 0. The molecule has 1 aromatic carbocycles. The number of benzene rings is 1. The van der Waals surface area contributed by atoms with Gasteiger partial charge >= 0.3 is 0 Å². The van der Waals surface area contributed by atoms with Gasteiger partial charge in [-0.15, -0.1) is 0 Å². The molecule has 28 heavy (non-hydrogen) atoms. The van der Waals surface area contributed by atoms with E-state index in [2.05, 4.69) is 18.3 Å². The van der Waals surface area contributed by atoms with Gasteiger partial charge in [0.25, 0.3) is 5.91 Å². The number of hydrogen-bond donors (Lipinski definition) is 1. The van der Waals surface area contributed by atoms with Gasteiger partial charge < -0.3 is 15.0 Å². The van der Waals surface area contributed by atoms with E-state index in [9.17, 15) is 14.9 Å². The number of amides is 2. The smallest absolute Gasteiger partial charge is 0.255 e. The molecule has 1 N–H and O–H groups in total. The second kappa shape index (κ2) is 7.56. The highest BCUT2D eigenvalue weighted by Crippen LogP contribution is 2.40. The summed E-state index contributed by atoms with van der Waals surface area (Å²) in [5, 5.41) is 12.8. The summed E-state index contributed by atoms with van der Waals surface area (Å²) in [4.78, 5) is 27.1. The molecule has 0 bridgehead atoms. The molecular weight excluding hydrogens is 354 g/mol. The summed E-state index contributed by atoms with van der Waals surface area (Å²) in [6.07, 6.45) is 5.44. The average Bonchev–Trinajstić information content (AvgIpc) is 3.45. The molecule has 1 aromatic rings. The largest absolute Gasteiger partial charge is 0.372 e. The maximum Gasteiger partial charge on any atom is 0.255 e. The van der Waals surface area contributed by atoms with E-state index in [-0.39, 0.29) is 17.7 Å². The van der Waals surface area contributed by atoms with E-state index in [1.165, 1.54) is 0 Å². The first-order chi connectivity index (χ1) is 13.5. The van der Waals surface area contributed by atoms with Crippen molar-refractivity contribution in [3.05, 3.63) is 29.8 Å². The summed E-state index contributed by atoms with van der Waals surface area (Å²) in [6.45, 7) is 3.27. The van der Waals surface area contributed by atoms with Crippen LogP contribution in [0.4, 0.5) is 5.69 Å². The van der Waals surface area contributed by atoms with E-state index < -0.39 is 11.6 Å². The number of carbonyl (C=O) groups excluding carboxylic acids is 2. The Balaban J connectivity index is 1.52. The number of nitriles is 1. The topological polar surface area (TPSA) is 82.4 Å². The van der Waals surface area contributed by atoms with E-state index in [1.807, 2.05) is 0 Å². The van der Waals surface area contributed by atoms with Crippen LogP contribution in [0.5, 0.6) is 0 Å². The van der Waals surface area contributed by atoms with Crippen molar-refractivity contribution >= 4 is 17.5 Å². The predicted molar refractivity (Wildman–Crippen MR) is 105 cm³/mol. The third-order valence-electron chi connectivity index (χ3n) is 6.40. The Morgan fingerprint density at radius 3 is 2.75 bits per heavy atom. The molecule has 3 fully saturated rings. The second-order valence-electron chi connectivity index (χ2n) is 8.39. The Morgan fingerprint density at radius 2 is 2.07 bits per heavy atom. The summed E-state index contributed by atoms with van der Waals surface area (Å²) in [5.41, 5.74) is 0.591. The SMILES string of the molecule is CC1CC1C(=O)Nc1cccc(C(=O)N2CCCC3(CCCCO3)C2C#N)c1. The maximum atomic E-state index is 13.2. The number of hydrogen-bond acceptors (Lipinski definition) is 4. The lowest BCUT2D eigenvalue weighted by atomic mass is 9.79. The van der Waals surface area contributed by atoms with Crippen LogP contribution >= 0.6 is 0 Å². The number of piperidine rings is 1. The van der Waals surface area contributed by atoms with Crippen LogP contribution in [0.25, 0.3) is 0 Å². The summed E-state index contributed by atoms with van der Waals surface area (Å²) in [6, 6.07) is 8.81. The normalized spacial score (nSPS) is 31.9. The van der Waals surface area contributed by atoms with Gasteiger partial charge in [-0.2, -0.15) is 5.26 Å². The molecule has 2 aliphatic heterocycles. The molecule has 1 spiro atoms. The Morgan fingerprint density at radius 1 is 1.29 bits per heavy atom. The van der Waals surface area contributed by atoms with Crippen LogP contribution in [0.2, 0.25) is 0 Å². The van der Waals surface area contributed by atoms with Crippen LogP contribution in [0.15, 0.2) is 24.3 Å². The fourth-order valence-electron chi connectivity index (χ4n) is 4.61. The van der Waals surface area contributed by atoms with Gasteiger partial charge in [0.1, 0.15) is 11.6 Å². The van der Waals surface area contributed by atoms with Gasteiger partial charge in [0.15, 0.2) is 0 Å². The minimum atomic E-state index is -0.570. The lowest BCUT2D eigenvalue weighted by Gasteiger charge is -2.48. The standard InChI is InChI=1S/C22H27N3O3/c1-15-12-18(15)20(26)24-17-7-4-6-16(13-17)21(27)25-10-5-9-22(19(25)14-23)8-2-3-11-28-22/h4,6-7,13,15,18-19H,2-3,5,8-12H2,1H3,(H,24,26). The summed E-state index contributed by atoms with van der Waals surface area (Å²) < 4.78 is 6.07. The molecule has 1 saturated carbocycles. The minimum absolute atomic E-state index is 0.0135. The highest BCUT2D eigenvalue weighted by molar-refractivity contribution is 5.98. The second-order valence-corrected chi connectivity index (χ2v) is 8.39. The Hall–Kier alpha value is -2.39. The van der Waals surface area contributed by atoms with Crippen LogP contribution in [-0.4, -0.2) is 41.5 Å². The third-order valence-corrected chi connectivity index (χ3v) is 6.40. The van der Waals surface area contributed by atoms with Crippen molar-refractivity contribution in [2.75, 3.05) is 18.5 Å². The zero-order valence-corrected chi connectivity index (χ0v) is 16.3. The number of ether oxygens (including phenoxy) is 1. The lowest BCUT2D eigenvalue weighted by molar-refractivity contribution is -0.128. The van der Waals surface area contributed by atoms with Gasteiger partial charge in [-0.1, -0.05) is 13.0 Å². The van der Waals surface area contributed by atoms with Gasteiger partial charge in [-0.3, -0.25) is 9.59 Å². The molecule has 0 radical (unpaired) electrons. The number of nitrogens with one attached hydrogen (secondary N) is 1. The van der Waals surface area contributed by atoms with E-state index in [1.54, 1.807) is 29.2 Å². The first-order valence-corrected chi connectivity index (χ1v) is 10.3. The van der Waals surface area contributed by atoms with Crippen LogP contribution < -0.4 is 5.32 Å². The van der Waals surface area contributed by atoms with Crippen molar-refractivity contribution in [1.29, 1.82) is 5.26 Å². The number of rotatable bonds is 3. The molecule has 3 aliphatic rings. The van der Waals surface area contributed by atoms with E-state index in [4.69, 9.17) is 4.74 Å². The first-order valence-electron chi connectivity index (χ1n) is 10.3. The predicted octanol–water partition coefficient (Wildman–Crippen LogP) is 3.35. The molecule has 6 nitrogen and oxygen atoms in total. The zero-order valence-electron chi connectivity index (χ0n) is 16.3. The Kier molecular flexibility index (Phi) is 5.11. The zero-order chi connectivity index (χ0) is 19.7. The molecule has 2 heterocycles. The van der Waals surface area contributed by atoms with Gasteiger partial charge in [0.05, 0.1) is 6.07 Å². The number of carbonyl (C=O) groups is 2. The van der Waals surface area contributed by atoms with Crippen LogP contribution in [0.3, 0.4) is 0 Å². The monoisotopic (exact) mass is 381 g/mol. The van der Waals surface area contributed by atoms with Crippen molar-refractivity contribution in [3.8, 4) is 6.07 Å². The summed E-state index contributed by atoms with van der Waals surface area (Å²) in [5.74, 6) is 0.351. The molecule has 2 saturated heterocycles. The van der Waals surface area contributed by atoms with Crippen molar-refractivity contribution in [2.45, 2.75) is 57.1 Å². The average molecular weight is 381 g/mol. The number of anilines is 1. The quantitative estimate of drug-likeness (QED) is 0.870. The van der Waals surface area contributed by atoms with E-state index in [0.717, 1.165) is 38.5 Å². The van der Waals surface area contributed by atoms with Crippen molar-refractivity contribution in [2.24, 2.45) is 11.8 Å². The molecular formula is C22H27N3O3. The van der Waals surface area contributed by atoms with Crippen LogP contribution in [-0.2, 0) is 9.53 Å². The van der Waals surface area contributed by atoms with Gasteiger partial charge in [-0.25, -0.2) is 0 Å². The highest BCUT2D eigenvalue weighted by Gasteiger charge is 2.48. The fraction of sp³-hybridized carbons (Fsp3) is 0.591. The van der Waals surface area contributed by atoms with Gasteiger partial charge in [0.2, 0.25) is 5.91 Å². The number of nitrogens with zero attached hydrogens (tertiary/aromatic N) is 2. The minimum Gasteiger partial charge on any atom is -0.372 e. The third kappa shape index (κ3) is 3.51. The summed E-state index contributed by atoms with van der Waals surface area (Å²) >= 11 is 0. The molecule has 148 valence electrons.